The first-order valence-electron chi connectivity index (χ1n) is 7.74. The Morgan fingerprint density at radius 2 is 2.00 bits per heavy atom. The van der Waals surface area contributed by atoms with Crippen LogP contribution in [0, 0.1) is 5.92 Å². The highest BCUT2D eigenvalue weighted by atomic mass is 16.5. The fourth-order valence-corrected chi connectivity index (χ4v) is 3.20. The number of likely N-dealkylation sites (tertiary alicyclic amines) is 1. The Morgan fingerprint density at radius 1 is 1.19 bits per heavy atom. The molecule has 1 aliphatic heterocycles. The summed E-state index contributed by atoms with van der Waals surface area (Å²) in [4.78, 5) is 2.34. The number of aliphatic hydroxyl groups excluding tert-OH is 1. The summed E-state index contributed by atoms with van der Waals surface area (Å²) in [5, 5.41) is 11.9. The van der Waals surface area contributed by atoms with Crippen molar-refractivity contribution in [2.24, 2.45) is 5.92 Å². The van der Waals surface area contributed by atoms with Gasteiger partial charge in [-0.3, -0.25) is 4.90 Å². The van der Waals surface area contributed by atoms with Crippen molar-refractivity contribution in [1.82, 2.24) is 4.90 Å². The van der Waals surface area contributed by atoms with E-state index in [9.17, 15) is 5.11 Å². The zero-order valence-corrected chi connectivity index (χ0v) is 12.5. The molecule has 1 saturated heterocycles. The summed E-state index contributed by atoms with van der Waals surface area (Å²) < 4.78 is 5.88. The van der Waals surface area contributed by atoms with Gasteiger partial charge in [0.1, 0.15) is 12.4 Å². The highest BCUT2D eigenvalue weighted by molar-refractivity contribution is 5.83. The lowest BCUT2D eigenvalue weighted by Crippen LogP contribution is -2.37. The lowest BCUT2D eigenvalue weighted by atomic mass is 10.0. The van der Waals surface area contributed by atoms with Crippen LogP contribution in [0.5, 0.6) is 5.75 Å². The van der Waals surface area contributed by atoms with Gasteiger partial charge in [-0.25, -0.2) is 0 Å². The van der Waals surface area contributed by atoms with E-state index < -0.39 is 0 Å². The normalized spacial score (nSPS) is 22.8. The molecule has 1 N–H and O–H groups in total. The van der Waals surface area contributed by atoms with Crippen molar-refractivity contribution < 1.29 is 9.84 Å². The molecular weight excluding hydrogens is 262 g/mol. The third-order valence-electron chi connectivity index (χ3n) is 4.55. The maximum Gasteiger partial charge on any atom is 0.120 e. The van der Waals surface area contributed by atoms with Crippen LogP contribution < -0.4 is 4.74 Å². The highest BCUT2D eigenvalue weighted by Gasteiger charge is 2.29. The first-order valence-corrected chi connectivity index (χ1v) is 7.74. The molecule has 0 radical (unpaired) electrons. The van der Waals surface area contributed by atoms with Crippen molar-refractivity contribution >= 4 is 10.8 Å². The van der Waals surface area contributed by atoms with Gasteiger partial charge in [0, 0.05) is 12.6 Å². The van der Waals surface area contributed by atoms with Crippen LogP contribution >= 0.6 is 0 Å². The molecule has 2 unspecified atom stereocenters. The molecule has 112 valence electrons. The van der Waals surface area contributed by atoms with Crippen LogP contribution in [-0.2, 0) is 0 Å². The largest absolute Gasteiger partial charge is 0.492 e. The fraction of sp³-hybridized carbons (Fsp3) is 0.444. The lowest BCUT2D eigenvalue weighted by molar-refractivity contribution is 0.123. The second-order valence-corrected chi connectivity index (χ2v) is 5.91. The minimum atomic E-state index is 0.247. The smallest absolute Gasteiger partial charge is 0.120 e. The number of fused-ring (bicyclic) bond motifs is 1. The van der Waals surface area contributed by atoms with E-state index in [4.69, 9.17) is 4.74 Å². The highest BCUT2D eigenvalue weighted by Crippen LogP contribution is 2.24. The van der Waals surface area contributed by atoms with Crippen LogP contribution in [0.1, 0.15) is 13.3 Å². The van der Waals surface area contributed by atoms with Gasteiger partial charge in [0.15, 0.2) is 0 Å². The van der Waals surface area contributed by atoms with Gasteiger partial charge in [0.25, 0.3) is 0 Å². The lowest BCUT2D eigenvalue weighted by Gasteiger charge is -2.24. The second kappa shape index (κ2) is 6.46. The molecule has 2 aromatic rings. The number of aliphatic hydroxyl groups is 1. The Morgan fingerprint density at radius 3 is 2.81 bits per heavy atom. The molecule has 0 aromatic heterocycles. The van der Waals surface area contributed by atoms with Crippen LogP contribution in [0.3, 0.4) is 0 Å². The summed E-state index contributed by atoms with van der Waals surface area (Å²) >= 11 is 0. The van der Waals surface area contributed by atoms with E-state index in [1.54, 1.807) is 0 Å². The van der Waals surface area contributed by atoms with Gasteiger partial charge >= 0.3 is 0 Å². The number of rotatable bonds is 5. The van der Waals surface area contributed by atoms with Gasteiger partial charge in [-0.15, -0.1) is 0 Å². The summed E-state index contributed by atoms with van der Waals surface area (Å²) in [5.74, 6) is 1.50. The van der Waals surface area contributed by atoms with Crippen molar-refractivity contribution in [2.75, 3.05) is 26.3 Å². The van der Waals surface area contributed by atoms with Crippen molar-refractivity contribution in [3.8, 4) is 5.75 Å². The Kier molecular flexibility index (Phi) is 4.42. The Labute approximate surface area is 126 Å². The molecule has 2 atom stereocenters. The summed E-state index contributed by atoms with van der Waals surface area (Å²) in [6.07, 6.45) is 1.17. The standard InChI is InChI=1S/C18H23NO2/c1-14-8-9-19(18(14)13-20)10-11-21-17-7-6-15-4-2-3-5-16(15)12-17/h2-7,12,14,18,20H,8-11,13H2,1H3. The molecule has 0 spiro atoms. The summed E-state index contributed by atoms with van der Waals surface area (Å²) in [6.45, 7) is 5.07. The molecular formula is C18H23NO2. The van der Waals surface area contributed by atoms with Crippen molar-refractivity contribution in [1.29, 1.82) is 0 Å². The van der Waals surface area contributed by atoms with E-state index in [2.05, 4.69) is 36.1 Å². The van der Waals surface area contributed by atoms with Gasteiger partial charge in [0.05, 0.1) is 6.61 Å². The molecule has 21 heavy (non-hydrogen) atoms. The molecule has 1 heterocycles. The van der Waals surface area contributed by atoms with Crippen LogP contribution in [0.4, 0.5) is 0 Å². The Bertz CT molecular complexity index is 599. The van der Waals surface area contributed by atoms with Gasteiger partial charge in [0.2, 0.25) is 0 Å². The van der Waals surface area contributed by atoms with E-state index in [-0.39, 0.29) is 6.61 Å². The maximum absolute atomic E-state index is 9.46. The predicted molar refractivity (Wildman–Crippen MR) is 85.7 cm³/mol. The number of hydrogen-bond acceptors (Lipinski definition) is 3. The summed E-state index contributed by atoms with van der Waals surface area (Å²) in [6, 6.07) is 14.8. The first-order chi connectivity index (χ1) is 10.3. The minimum Gasteiger partial charge on any atom is -0.492 e. The number of hydrogen-bond donors (Lipinski definition) is 1. The summed E-state index contributed by atoms with van der Waals surface area (Å²) in [5.41, 5.74) is 0. The zero-order chi connectivity index (χ0) is 14.7. The molecule has 0 bridgehead atoms. The fourth-order valence-electron chi connectivity index (χ4n) is 3.20. The monoisotopic (exact) mass is 285 g/mol. The van der Waals surface area contributed by atoms with E-state index in [0.29, 0.717) is 18.6 Å². The Balaban J connectivity index is 1.57. The van der Waals surface area contributed by atoms with E-state index in [1.165, 1.54) is 17.2 Å². The molecule has 3 nitrogen and oxygen atoms in total. The van der Waals surface area contributed by atoms with Gasteiger partial charge in [-0.2, -0.15) is 0 Å². The molecule has 3 rings (SSSR count). The number of nitrogens with zero attached hydrogens (tertiary/aromatic N) is 1. The van der Waals surface area contributed by atoms with Crippen molar-refractivity contribution in [3.63, 3.8) is 0 Å². The topological polar surface area (TPSA) is 32.7 Å². The Hall–Kier alpha value is -1.58. The quantitative estimate of drug-likeness (QED) is 0.917. The molecule has 0 amide bonds. The van der Waals surface area contributed by atoms with Crippen LogP contribution in [0.2, 0.25) is 0 Å². The zero-order valence-electron chi connectivity index (χ0n) is 12.5. The van der Waals surface area contributed by atoms with Crippen molar-refractivity contribution in [3.05, 3.63) is 42.5 Å². The average molecular weight is 285 g/mol. The van der Waals surface area contributed by atoms with E-state index in [1.807, 2.05) is 18.2 Å². The van der Waals surface area contributed by atoms with Crippen LogP contribution in [-0.4, -0.2) is 42.4 Å². The third-order valence-corrected chi connectivity index (χ3v) is 4.55. The average Bonchev–Trinajstić information content (AvgIpc) is 2.87. The number of benzene rings is 2. The minimum absolute atomic E-state index is 0.247. The number of ether oxygens (including phenoxy) is 1. The molecule has 1 aliphatic rings. The van der Waals surface area contributed by atoms with Gasteiger partial charge in [-0.05, 0) is 41.8 Å². The first kappa shape index (κ1) is 14.4. The molecule has 1 fully saturated rings. The van der Waals surface area contributed by atoms with Gasteiger partial charge < -0.3 is 9.84 Å². The van der Waals surface area contributed by atoms with Crippen molar-refractivity contribution in [2.45, 2.75) is 19.4 Å². The SMILES string of the molecule is CC1CCN(CCOc2ccc3ccccc3c2)C1CO. The molecule has 2 aromatic carbocycles. The van der Waals surface area contributed by atoms with Crippen LogP contribution in [0.25, 0.3) is 10.8 Å². The summed E-state index contributed by atoms with van der Waals surface area (Å²) in [7, 11) is 0. The van der Waals surface area contributed by atoms with E-state index in [0.717, 1.165) is 18.8 Å². The third kappa shape index (κ3) is 3.20. The van der Waals surface area contributed by atoms with Crippen LogP contribution in [0.15, 0.2) is 42.5 Å². The predicted octanol–water partition coefficient (Wildman–Crippen LogP) is 2.92. The second-order valence-electron chi connectivity index (χ2n) is 5.91. The molecule has 3 heteroatoms. The van der Waals surface area contributed by atoms with E-state index >= 15 is 0 Å². The molecule has 0 aliphatic carbocycles. The van der Waals surface area contributed by atoms with Gasteiger partial charge in [-0.1, -0.05) is 37.3 Å². The molecule has 0 saturated carbocycles. The maximum atomic E-state index is 9.46.